The van der Waals surface area contributed by atoms with Crippen molar-refractivity contribution in [3.63, 3.8) is 0 Å². The first kappa shape index (κ1) is 18.9. The van der Waals surface area contributed by atoms with E-state index in [0.29, 0.717) is 24.5 Å². The van der Waals surface area contributed by atoms with Crippen molar-refractivity contribution in [1.29, 1.82) is 0 Å². The molecule has 0 amide bonds. The average molecular weight is 367 g/mol. The van der Waals surface area contributed by atoms with Crippen molar-refractivity contribution < 1.29 is 8.42 Å². The van der Waals surface area contributed by atoms with E-state index in [1.165, 1.54) is 5.56 Å². The minimum Gasteiger partial charge on any atom is -0.313 e. The Morgan fingerprint density at radius 3 is 2.38 bits per heavy atom. The second-order valence-corrected chi connectivity index (χ2v) is 7.63. The summed E-state index contributed by atoms with van der Waals surface area (Å²) in [5.74, 6) is 0. The van der Waals surface area contributed by atoms with Crippen molar-refractivity contribution >= 4 is 22.4 Å². The van der Waals surface area contributed by atoms with Gasteiger partial charge < -0.3 is 5.32 Å². The van der Waals surface area contributed by atoms with Crippen molar-refractivity contribution in [2.24, 2.45) is 0 Å². The maximum Gasteiger partial charge on any atom is 0.243 e. The molecule has 4 nitrogen and oxygen atoms in total. The quantitative estimate of drug-likeness (QED) is 0.904. The van der Waals surface area contributed by atoms with Crippen LogP contribution in [0.25, 0.3) is 0 Å². The van der Waals surface area contributed by atoms with Crippen LogP contribution >= 0.6 is 12.4 Å². The molecular weight excluding hydrogens is 344 g/mol. The summed E-state index contributed by atoms with van der Waals surface area (Å²) in [7, 11) is -3.48. The SMILES string of the molecule is CCc1ccc(C2CNCCN2S(=O)(=O)c2ccccc2)cc1.Cl. The smallest absolute Gasteiger partial charge is 0.243 e. The molecule has 1 atom stereocenters. The fraction of sp³-hybridized carbons (Fsp3) is 0.333. The van der Waals surface area contributed by atoms with E-state index < -0.39 is 10.0 Å². The van der Waals surface area contributed by atoms with Crippen LogP contribution in [0, 0.1) is 0 Å². The van der Waals surface area contributed by atoms with Gasteiger partial charge in [-0.3, -0.25) is 0 Å². The van der Waals surface area contributed by atoms with Gasteiger partial charge in [-0.2, -0.15) is 4.31 Å². The molecule has 1 heterocycles. The molecule has 1 saturated heterocycles. The van der Waals surface area contributed by atoms with Gasteiger partial charge >= 0.3 is 0 Å². The Bertz CT molecular complexity index is 748. The lowest BCUT2D eigenvalue weighted by Crippen LogP contribution is -2.48. The fourth-order valence-corrected chi connectivity index (χ4v) is 4.60. The number of nitrogens with one attached hydrogen (secondary N) is 1. The van der Waals surface area contributed by atoms with E-state index in [1.807, 2.05) is 18.2 Å². The molecule has 1 fully saturated rings. The monoisotopic (exact) mass is 366 g/mol. The minimum atomic E-state index is -3.48. The first-order chi connectivity index (χ1) is 11.1. The highest BCUT2D eigenvalue weighted by Gasteiger charge is 2.34. The molecule has 6 heteroatoms. The van der Waals surface area contributed by atoms with Gasteiger partial charge in [0.15, 0.2) is 0 Å². The van der Waals surface area contributed by atoms with E-state index in [-0.39, 0.29) is 18.4 Å². The lowest BCUT2D eigenvalue weighted by atomic mass is 10.0. The number of nitrogens with zero attached hydrogens (tertiary/aromatic N) is 1. The number of hydrogen-bond acceptors (Lipinski definition) is 3. The van der Waals surface area contributed by atoms with Crippen molar-refractivity contribution in [2.75, 3.05) is 19.6 Å². The Balaban J connectivity index is 0.00000208. The third-order valence-corrected chi connectivity index (χ3v) is 6.24. The lowest BCUT2D eigenvalue weighted by molar-refractivity contribution is 0.271. The van der Waals surface area contributed by atoms with Crippen molar-refractivity contribution in [1.82, 2.24) is 9.62 Å². The molecule has 0 radical (unpaired) electrons. The summed E-state index contributed by atoms with van der Waals surface area (Å²) in [5.41, 5.74) is 2.30. The van der Waals surface area contributed by atoms with Crippen LogP contribution < -0.4 is 5.32 Å². The van der Waals surface area contributed by atoms with E-state index in [1.54, 1.807) is 28.6 Å². The Morgan fingerprint density at radius 2 is 1.75 bits per heavy atom. The largest absolute Gasteiger partial charge is 0.313 e. The highest BCUT2D eigenvalue weighted by Crippen LogP contribution is 2.29. The van der Waals surface area contributed by atoms with Gasteiger partial charge in [0.25, 0.3) is 0 Å². The number of sulfonamides is 1. The minimum absolute atomic E-state index is 0. The molecule has 0 aromatic heterocycles. The van der Waals surface area contributed by atoms with Crippen LogP contribution in [0.1, 0.15) is 24.1 Å². The summed E-state index contributed by atoms with van der Waals surface area (Å²) in [6.45, 7) is 3.91. The van der Waals surface area contributed by atoms with Gasteiger partial charge in [0.1, 0.15) is 0 Å². The molecule has 1 unspecified atom stereocenters. The normalized spacial score (nSPS) is 18.8. The fourth-order valence-electron chi connectivity index (χ4n) is 2.96. The lowest BCUT2D eigenvalue weighted by Gasteiger charge is -2.35. The van der Waals surface area contributed by atoms with E-state index in [9.17, 15) is 8.42 Å². The first-order valence-electron chi connectivity index (χ1n) is 7.99. The second-order valence-electron chi connectivity index (χ2n) is 5.74. The average Bonchev–Trinajstić information content (AvgIpc) is 2.62. The zero-order valence-electron chi connectivity index (χ0n) is 13.7. The van der Waals surface area contributed by atoms with Gasteiger partial charge in [0.2, 0.25) is 10.0 Å². The first-order valence-corrected chi connectivity index (χ1v) is 9.43. The molecular formula is C18H23ClN2O2S. The standard InChI is InChI=1S/C18H22N2O2S.ClH/c1-2-15-8-10-16(11-9-15)18-14-19-12-13-20(18)23(21,22)17-6-4-3-5-7-17;/h3-11,18-19H,2,12-14H2,1H3;1H. The zero-order valence-corrected chi connectivity index (χ0v) is 15.3. The molecule has 2 aromatic carbocycles. The molecule has 1 N–H and O–H groups in total. The van der Waals surface area contributed by atoms with Gasteiger partial charge in [0.05, 0.1) is 10.9 Å². The predicted molar refractivity (Wildman–Crippen MR) is 99.0 cm³/mol. The molecule has 0 saturated carbocycles. The summed E-state index contributed by atoms with van der Waals surface area (Å²) >= 11 is 0. The van der Waals surface area contributed by atoms with E-state index in [0.717, 1.165) is 12.0 Å². The summed E-state index contributed by atoms with van der Waals surface area (Å²) in [4.78, 5) is 0.358. The topological polar surface area (TPSA) is 49.4 Å². The van der Waals surface area contributed by atoms with E-state index in [4.69, 9.17) is 0 Å². The van der Waals surface area contributed by atoms with Crippen LogP contribution in [0.4, 0.5) is 0 Å². The van der Waals surface area contributed by atoms with E-state index in [2.05, 4.69) is 24.4 Å². The molecule has 3 rings (SSSR count). The zero-order chi connectivity index (χ0) is 16.3. The van der Waals surface area contributed by atoms with Crippen LogP contribution in [0.5, 0.6) is 0 Å². The number of halogens is 1. The maximum absolute atomic E-state index is 13.0. The number of aryl methyl sites for hydroxylation is 1. The number of benzene rings is 2. The number of piperazine rings is 1. The molecule has 130 valence electrons. The molecule has 1 aliphatic rings. The van der Waals surface area contributed by atoms with Gasteiger partial charge in [-0.1, -0.05) is 49.4 Å². The molecule has 1 aliphatic heterocycles. The Labute approximate surface area is 150 Å². The Morgan fingerprint density at radius 1 is 1.08 bits per heavy atom. The van der Waals surface area contributed by atoms with Crippen LogP contribution in [0.15, 0.2) is 59.5 Å². The summed E-state index contributed by atoms with van der Waals surface area (Å²) in [6.07, 6.45) is 0.981. The highest BCUT2D eigenvalue weighted by atomic mass is 35.5. The van der Waals surface area contributed by atoms with Gasteiger partial charge in [0, 0.05) is 19.6 Å². The van der Waals surface area contributed by atoms with Crippen LogP contribution in [0.3, 0.4) is 0 Å². The summed E-state index contributed by atoms with van der Waals surface area (Å²) in [5, 5.41) is 3.31. The molecule has 0 bridgehead atoms. The van der Waals surface area contributed by atoms with Crippen LogP contribution in [-0.4, -0.2) is 32.4 Å². The number of rotatable bonds is 4. The molecule has 0 spiro atoms. The summed E-state index contributed by atoms with van der Waals surface area (Å²) < 4.78 is 27.6. The van der Waals surface area contributed by atoms with Gasteiger partial charge in [-0.05, 0) is 29.7 Å². The Hall–Kier alpha value is -1.40. The van der Waals surface area contributed by atoms with Gasteiger partial charge in [-0.25, -0.2) is 8.42 Å². The predicted octanol–water partition coefficient (Wildman–Crippen LogP) is 3.01. The number of hydrogen-bond donors (Lipinski definition) is 1. The van der Waals surface area contributed by atoms with E-state index >= 15 is 0 Å². The third-order valence-electron chi connectivity index (χ3n) is 4.32. The van der Waals surface area contributed by atoms with Crippen molar-refractivity contribution in [2.45, 2.75) is 24.3 Å². The second kappa shape index (κ2) is 8.12. The molecule has 24 heavy (non-hydrogen) atoms. The van der Waals surface area contributed by atoms with Crippen molar-refractivity contribution in [3.8, 4) is 0 Å². The van der Waals surface area contributed by atoms with Crippen LogP contribution in [0.2, 0.25) is 0 Å². The maximum atomic E-state index is 13.0. The van der Waals surface area contributed by atoms with Crippen molar-refractivity contribution in [3.05, 3.63) is 65.7 Å². The van der Waals surface area contributed by atoms with Crippen LogP contribution in [-0.2, 0) is 16.4 Å². The molecule has 2 aromatic rings. The third kappa shape index (κ3) is 3.81. The van der Waals surface area contributed by atoms with Gasteiger partial charge in [-0.15, -0.1) is 12.4 Å². The highest BCUT2D eigenvalue weighted by molar-refractivity contribution is 7.89. The molecule has 0 aliphatic carbocycles. The Kier molecular flexibility index (Phi) is 6.40. The summed E-state index contributed by atoms with van der Waals surface area (Å²) in [6, 6.07) is 16.8.